The minimum atomic E-state index is 0.473. The number of aryl methyl sites for hydroxylation is 1. The Kier molecular flexibility index (Phi) is 5.54. The SMILES string of the molecule is Cc1ccccc1C1=C2N=CCC(c3ccc(-c4cccc5c4oc4ccccc45)cc3)C2CCCC1. The van der Waals surface area contributed by atoms with Gasteiger partial charge in [0.15, 0.2) is 0 Å². The van der Waals surface area contributed by atoms with Gasteiger partial charge in [0.2, 0.25) is 0 Å². The number of fused-ring (bicyclic) bond motifs is 4. The quantitative estimate of drug-likeness (QED) is 0.252. The lowest BCUT2D eigenvalue weighted by Gasteiger charge is -2.31. The van der Waals surface area contributed by atoms with Gasteiger partial charge in [0.25, 0.3) is 0 Å². The van der Waals surface area contributed by atoms with Crippen LogP contribution in [0.4, 0.5) is 0 Å². The first-order valence-electron chi connectivity index (χ1n) is 13.6. The normalized spacial score (nSPS) is 19.8. The minimum Gasteiger partial charge on any atom is -0.455 e. The summed E-state index contributed by atoms with van der Waals surface area (Å²) < 4.78 is 6.31. The maximum absolute atomic E-state index is 6.31. The second-order valence-electron chi connectivity index (χ2n) is 10.6. The second kappa shape index (κ2) is 9.19. The molecule has 7 rings (SSSR count). The summed E-state index contributed by atoms with van der Waals surface area (Å²) in [5, 5.41) is 2.35. The molecule has 37 heavy (non-hydrogen) atoms. The number of rotatable bonds is 3. The average Bonchev–Trinajstić information content (AvgIpc) is 3.19. The van der Waals surface area contributed by atoms with E-state index in [9.17, 15) is 0 Å². The summed E-state index contributed by atoms with van der Waals surface area (Å²) >= 11 is 0. The van der Waals surface area contributed by atoms with Crippen LogP contribution >= 0.6 is 0 Å². The van der Waals surface area contributed by atoms with Crippen molar-refractivity contribution in [1.82, 2.24) is 0 Å². The fourth-order valence-corrected chi connectivity index (χ4v) is 6.59. The van der Waals surface area contributed by atoms with Crippen molar-refractivity contribution in [3.63, 3.8) is 0 Å². The van der Waals surface area contributed by atoms with E-state index in [1.54, 1.807) is 0 Å². The van der Waals surface area contributed by atoms with Gasteiger partial charge in [-0.1, -0.05) is 91.3 Å². The van der Waals surface area contributed by atoms with Crippen molar-refractivity contribution in [1.29, 1.82) is 0 Å². The fraction of sp³-hybridized carbons (Fsp3) is 0.229. The van der Waals surface area contributed by atoms with E-state index in [0.29, 0.717) is 11.8 Å². The lowest BCUT2D eigenvalue weighted by atomic mass is 9.76. The van der Waals surface area contributed by atoms with E-state index in [1.807, 2.05) is 6.07 Å². The van der Waals surface area contributed by atoms with E-state index in [2.05, 4.69) is 98.1 Å². The van der Waals surface area contributed by atoms with Crippen LogP contribution in [0, 0.1) is 12.8 Å². The van der Waals surface area contributed by atoms with Crippen LogP contribution in [0.5, 0.6) is 0 Å². The summed E-state index contributed by atoms with van der Waals surface area (Å²) in [7, 11) is 0. The first-order chi connectivity index (χ1) is 18.3. The van der Waals surface area contributed by atoms with Crippen LogP contribution in [0.3, 0.4) is 0 Å². The molecule has 2 heterocycles. The van der Waals surface area contributed by atoms with Crippen LogP contribution in [-0.2, 0) is 0 Å². The summed E-state index contributed by atoms with van der Waals surface area (Å²) in [6, 6.07) is 32.9. The highest BCUT2D eigenvalue weighted by molar-refractivity contribution is 6.09. The molecule has 0 saturated carbocycles. The van der Waals surface area contributed by atoms with Crippen molar-refractivity contribution in [2.45, 2.75) is 44.9 Å². The molecule has 2 atom stereocenters. The molecule has 4 aromatic carbocycles. The standard InChI is InChI=1S/C35H31NO/c1-23-9-2-3-10-26(23)30-12-4-5-13-31-27(21-22-36-34(30)31)24-17-19-25(20-18-24)28-14-8-15-32-29-11-6-7-16-33(29)37-35(28)32/h2-3,6-11,14-20,22,27,31H,4-5,12-13,21H2,1H3. The van der Waals surface area contributed by atoms with E-state index < -0.39 is 0 Å². The Morgan fingerprint density at radius 1 is 0.730 bits per heavy atom. The van der Waals surface area contributed by atoms with Crippen molar-refractivity contribution in [2.24, 2.45) is 10.9 Å². The number of benzene rings is 4. The summed E-state index contributed by atoms with van der Waals surface area (Å²) in [4.78, 5) is 5.05. The Hall–Kier alpha value is -3.91. The minimum absolute atomic E-state index is 0.473. The van der Waals surface area contributed by atoms with E-state index in [4.69, 9.17) is 9.41 Å². The Bertz CT molecular complexity index is 1670. The van der Waals surface area contributed by atoms with Gasteiger partial charge < -0.3 is 4.42 Å². The van der Waals surface area contributed by atoms with Gasteiger partial charge in [0.1, 0.15) is 11.2 Å². The predicted octanol–water partition coefficient (Wildman–Crippen LogP) is 9.72. The van der Waals surface area contributed by atoms with Gasteiger partial charge in [-0.15, -0.1) is 0 Å². The predicted molar refractivity (Wildman–Crippen MR) is 155 cm³/mol. The number of aliphatic imine (C=N–C) groups is 1. The van der Waals surface area contributed by atoms with E-state index in [0.717, 1.165) is 29.6 Å². The molecule has 0 spiro atoms. The van der Waals surface area contributed by atoms with Crippen LogP contribution in [-0.4, -0.2) is 6.21 Å². The van der Waals surface area contributed by atoms with Crippen molar-refractivity contribution in [3.8, 4) is 11.1 Å². The van der Waals surface area contributed by atoms with E-state index in [1.165, 1.54) is 63.6 Å². The van der Waals surface area contributed by atoms with Crippen molar-refractivity contribution in [3.05, 3.63) is 113 Å². The molecular formula is C35H31NO. The molecule has 0 N–H and O–H groups in total. The van der Waals surface area contributed by atoms with Gasteiger partial charge in [0, 0.05) is 34.2 Å². The zero-order chi connectivity index (χ0) is 24.8. The molecular weight excluding hydrogens is 450 g/mol. The van der Waals surface area contributed by atoms with Crippen LogP contribution in [0.25, 0.3) is 38.6 Å². The van der Waals surface area contributed by atoms with Crippen LogP contribution in [0.15, 0.2) is 106 Å². The first kappa shape index (κ1) is 22.3. The molecule has 1 aliphatic heterocycles. The summed E-state index contributed by atoms with van der Waals surface area (Å²) in [5.74, 6) is 0.951. The van der Waals surface area contributed by atoms with Gasteiger partial charge in [0.05, 0.1) is 0 Å². The molecule has 2 unspecified atom stereocenters. The number of hydrogen-bond acceptors (Lipinski definition) is 2. The van der Waals surface area contributed by atoms with Gasteiger partial charge in [-0.25, -0.2) is 0 Å². The summed E-state index contributed by atoms with van der Waals surface area (Å²) in [5.41, 5.74) is 11.2. The maximum Gasteiger partial charge on any atom is 0.143 e. The highest BCUT2D eigenvalue weighted by Crippen LogP contribution is 2.46. The summed E-state index contributed by atoms with van der Waals surface area (Å²) in [6.07, 6.45) is 8.03. The van der Waals surface area contributed by atoms with E-state index in [-0.39, 0.29) is 0 Å². The molecule has 0 bridgehead atoms. The van der Waals surface area contributed by atoms with Crippen molar-refractivity contribution < 1.29 is 4.42 Å². The van der Waals surface area contributed by atoms with Crippen molar-refractivity contribution in [2.75, 3.05) is 0 Å². The molecule has 2 heteroatoms. The van der Waals surface area contributed by atoms with Crippen LogP contribution in [0.1, 0.15) is 54.7 Å². The maximum atomic E-state index is 6.31. The highest BCUT2D eigenvalue weighted by atomic mass is 16.3. The van der Waals surface area contributed by atoms with Gasteiger partial charge in [-0.05, 0) is 72.4 Å². The van der Waals surface area contributed by atoms with Crippen LogP contribution < -0.4 is 0 Å². The third-order valence-electron chi connectivity index (χ3n) is 8.45. The average molecular weight is 482 g/mol. The molecule has 182 valence electrons. The van der Waals surface area contributed by atoms with Gasteiger partial charge in [-0.3, -0.25) is 4.99 Å². The Morgan fingerprint density at radius 3 is 2.41 bits per heavy atom. The van der Waals surface area contributed by atoms with Gasteiger partial charge >= 0.3 is 0 Å². The molecule has 0 fully saturated rings. The largest absolute Gasteiger partial charge is 0.455 e. The third-order valence-corrected chi connectivity index (χ3v) is 8.45. The fourth-order valence-electron chi connectivity index (χ4n) is 6.59. The second-order valence-corrected chi connectivity index (χ2v) is 10.6. The number of furan rings is 1. The highest BCUT2D eigenvalue weighted by Gasteiger charge is 2.32. The lowest BCUT2D eigenvalue weighted by molar-refractivity contribution is 0.441. The number of allylic oxidation sites excluding steroid dienone is 2. The van der Waals surface area contributed by atoms with E-state index >= 15 is 0 Å². The molecule has 1 aromatic heterocycles. The van der Waals surface area contributed by atoms with Crippen LogP contribution in [0.2, 0.25) is 0 Å². The number of nitrogens with zero attached hydrogens (tertiary/aromatic N) is 1. The van der Waals surface area contributed by atoms with Crippen molar-refractivity contribution >= 4 is 33.7 Å². The molecule has 1 aliphatic carbocycles. The molecule has 0 saturated heterocycles. The molecule has 2 aliphatic rings. The summed E-state index contributed by atoms with van der Waals surface area (Å²) in [6.45, 7) is 2.23. The zero-order valence-corrected chi connectivity index (χ0v) is 21.3. The number of para-hydroxylation sites is 2. The van der Waals surface area contributed by atoms with Gasteiger partial charge in [-0.2, -0.15) is 0 Å². The topological polar surface area (TPSA) is 25.5 Å². The zero-order valence-electron chi connectivity index (χ0n) is 21.3. The first-order valence-corrected chi connectivity index (χ1v) is 13.6. The Labute approximate surface area is 218 Å². The molecule has 0 radical (unpaired) electrons. The number of hydrogen-bond donors (Lipinski definition) is 0. The molecule has 2 nitrogen and oxygen atoms in total. The third kappa shape index (κ3) is 3.83. The smallest absolute Gasteiger partial charge is 0.143 e. The Balaban J connectivity index is 1.26. The molecule has 0 amide bonds. The lowest BCUT2D eigenvalue weighted by Crippen LogP contribution is -2.19. The molecule has 5 aromatic rings. The monoisotopic (exact) mass is 481 g/mol. The Morgan fingerprint density at radius 2 is 1.51 bits per heavy atom.